The molecule has 8 nitrogen and oxygen atoms in total. The Hall–Kier alpha value is -1.48. The molecule has 0 aromatic rings. The van der Waals surface area contributed by atoms with E-state index < -0.39 is 35.1 Å². The average molecular weight is 361 g/mol. The number of rotatable bonds is 6. The second-order valence-corrected chi connectivity index (χ2v) is 8.04. The van der Waals surface area contributed by atoms with Crippen LogP contribution in [0.25, 0.3) is 0 Å². The summed E-state index contributed by atoms with van der Waals surface area (Å²) in [7, 11) is 0. The van der Waals surface area contributed by atoms with Gasteiger partial charge in [0.1, 0.15) is 6.04 Å². The lowest BCUT2D eigenvalue weighted by atomic mass is 9.92. The molecule has 2 fully saturated rings. The standard InChI is InChI=1S/C15H23NO7S/c1-5-6-21-14(20)23-8(2)22-13(19)10-15(3,4)24-12-9(7-17)11(18)16(10)12/h8-10,12,17H,5-7H2,1-4H3. The Balaban J connectivity index is 1.96. The summed E-state index contributed by atoms with van der Waals surface area (Å²) >= 11 is 1.45. The van der Waals surface area contributed by atoms with Crippen LogP contribution in [0.4, 0.5) is 4.79 Å². The van der Waals surface area contributed by atoms with Gasteiger partial charge in [0.05, 0.1) is 24.5 Å². The van der Waals surface area contributed by atoms with E-state index in [0.717, 1.165) is 0 Å². The molecule has 4 unspecified atom stereocenters. The number of aliphatic hydroxyl groups excluding tert-OH is 1. The van der Waals surface area contributed by atoms with Crippen molar-refractivity contribution in [1.82, 2.24) is 4.90 Å². The summed E-state index contributed by atoms with van der Waals surface area (Å²) in [4.78, 5) is 37.4. The third-order valence-corrected chi connectivity index (χ3v) is 5.57. The van der Waals surface area contributed by atoms with E-state index in [-0.39, 0.29) is 24.5 Å². The average Bonchev–Trinajstić information content (AvgIpc) is 2.73. The number of thioether (sulfide) groups is 1. The monoisotopic (exact) mass is 361 g/mol. The third kappa shape index (κ3) is 3.46. The first kappa shape index (κ1) is 18.9. The normalized spacial score (nSPS) is 28.6. The van der Waals surface area contributed by atoms with Gasteiger partial charge >= 0.3 is 12.1 Å². The lowest BCUT2D eigenvalue weighted by Crippen LogP contribution is -2.63. The number of esters is 1. The Morgan fingerprint density at radius 1 is 1.38 bits per heavy atom. The van der Waals surface area contributed by atoms with Crippen LogP contribution in [0.3, 0.4) is 0 Å². The molecule has 2 aliphatic heterocycles. The maximum Gasteiger partial charge on any atom is 0.511 e. The number of ether oxygens (including phenoxy) is 3. The molecule has 2 rings (SSSR count). The Morgan fingerprint density at radius 2 is 2.04 bits per heavy atom. The quantitative estimate of drug-likeness (QED) is 0.426. The van der Waals surface area contributed by atoms with Crippen LogP contribution >= 0.6 is 11.8 Å². The van der Waals surface area contributed by atoms with Gasteiger partial charge in [0, 0.05) is 11.7 Å². The molecule has 0 aliphatic carbocycles. The van der Waals surface area contributed by atoms with E-state index in [1.165, 1.54) is 23.6 Å². The van der Waals surface area contributed by atoms with Crippen LogP contribution in [0, 0.1) is 5.92 Å². The second-order valence-electron chi connectivity index (χ2n) is 6.27. The summed E-state index contributed by atoms with van der Waals surface area (Å²) in [5, 5.41) is 9.03. The van der Waals surface area contributed by atoms with Crippen molar-refractivity contribution >= 4 is 29.8 Å². The molecule has 0 bridgehead atoms. The number of hydrogen-bond donors (Lipinski definition) is 1. The zero-order chi connectivity index (χ0) is 18.1. The highest BCUT2D eigenvalue weighted by Crippen LogP contribution is 2.53. The maximum absolute atomic E-state index is 12.5. The van der Waals surface area contributed by atoms with Gasteiger partial charge in [-0.1, -0.05) is 6.92 Å². The van der Waals surface area contributed by atoms with Crippen LogP contribution < -0.4 is 0 Å². The minimum atomic E-state index is -1.12. The minimum absolute atomic E-state index is 0.221. The van der Waals surface area contributed by atoms with Crippen molar-refractivity contribution in [3.8, 4) is 0 Å². The molecule has 0 radical (unpaired) electrons. The van der Waals surface area contributed by atoms with Crippen LogP contribution in [0.15, 0.2) is 0 Å². The van der Waals surface area contributed by atoms with Gasteiger partial charge in [-0.15, -0.1) is 11.8 Å². The second kappa shape index (κ2) is 7.18. The molecule has 4 atom stereocenters. The first-order chi connectivity index (χ1) is 11.2. The van der Waals surface area contributed by atoms with E-state index in [9.17, 15) is 19.5 Å². The van der Waals surface area contributed by atoms with Gasteiger partial charge in [-0.25, -0.2) is 9.59 Å². The summed E-state index contributed by atoms with van der Waals surface area (Å²) in [5.74, 6) is -1.39. The largest absolute Gasteiger partial charge is 0.511 e. The lowest BCUT2D eigenvalue weighted by Gasteiger charge is -2.43. The van der Waals surface area contributed by atoms with Crippen molar-refractivity contribution in [2.24, 2.45) is 5.92 Å². The number of hydrogen-bond acceptors (Lipinski definition) is 8. The van der Waals surface area contributed by atoms with Crippen LogP contribution in [0.1, 0.15) is 34.1 Å². The van der Waals surface area contributed by atoms with Crippen LogP contribution in [-0.2, 0) is 23.8 Å². The molecule has 0 aromatic heterocycles. The highest BCUT2D eigenvalue weighted by Gasteiger charge is 2.63. The van der Waals surface area contributed by atoms with Gasteiger partial charge in [0.25, 0.3) is 0 Å². The van der Waals surface area contributed by atoms with Crippen LogP contribution in [-0.4, -0.2) is 63.7 Å². The molecule has 24 heavy (non-hydrogen) atoms. The van der Waals surface area contributed by atoms with Gasteiger partial charge in [-0.05, 0) is 20.3 Å². The molecule has 9 heteroatoms. The van der Waals surface area contributed by atoms with Gasteiger partial charge in [-0.2, -0.15) is 0 Å². The Kier molecular flexibility index (Phi) is 5.64. The predicted molar refractivity (Wildman–Crippen MR) is 84.9 cm³/mol. The first-order valence-electron chi connectivity index (χ1n) is 7.87. The van der Waals surface area contributed by atoms with Crippen molar-refractivity contribution in [3.63, 3.8) is 0 Å². The van der Waals surface area contributed by atoms with E-state index >= 15 is 0 Å². The van der Waals surface area contributed by atoms with E-state index in [1.54, 1.807) is 0 Å². The summed E-state index contributed by atoms with van der Waals surface area (Å²) in [5.41, 5.74) is 0. The molecular weight excluding hydrogens is 338 g/mol. The maximum atomic E-state index is 12.5. The van der Waals surface area contributed by atoms with Crippen LogP contribution in [0.5, 0.6) is 0 Å². The number of fused-ring (bicyclic) bond motifs is 1. The molecule has 0 saturated carbocycles. The minimum Gasteiger partial charge on any atom is -0.434 e. The summed E-state index contributed by atoms with van der Waals surface area (Å²) in [6.45, 7) is 6.91. The number of nitrogens with zero attached hydrogens (tertiary/aromatic N) is 1. The van der Waals surface area contributed by atoms with Gasteiger partial charge < -0.3 is 24.2 Å². The molecule has 0 aromatic carbocycles. The molecular formula is C15H23NO7S. The van der Waals surface area contributed by atoms with E-state index in [1.807, 2.05) is 20.8 Å². The summed E-state index contributed by atoms with van der Waals surface area (Å²) in [6.07, 6.45) is -1.37. The zero-order valence-electron chi connectivity index (χ0n) is 14.2. The summed E-state index contributed by atoms with van der Waals surface area (Å²) < 4.78 is 14.2. The fourth-order valence-corrected chi connectivity index (χ4v) is 4.51. The fourth-order valence-electron chi connectivity index (χ4n) is 2.85. The molecule has 2 saturated heterocycles. The fraction of sp³-hybridized carbons (Fsp3) is 0.800. The van der Waals surface area contributed by atoms with Gasteiger partial charge in [-0.3, -0.25) is 4.79 Å². The van der Waals surface area contributed by atoms with Crippen molar-refractivity contribution in [2.45, 2.75) is 56.6 Å². The molecule has 2 heterocycles. The van der Waals surface area contributed by atoms with E-state index in [0.29, 0.717) is 6.42 Å². The van der Waals surface area contributed by atoms with Crippen molar-refractivity contribution in [1.29, 1.82) is 0 Å². The number of aliphatic hydroxyl groups is 1. The zero-order valence-corrected chi connectivity index (χ0v) is 15.0. The molecule has 0 spiro atoms. The molecule has 2 aliphatic rings. The first-order valence-corrected chi connectivity index (χ1v) is 8.75. The smallest absolute Gasteiger partial charge is 0.434 e. The highest BCUT2D eigenvalue weighted by molar-refractivity contribution is 8.01. The number of carbonyl (C=O) groups is 3. The number of β-lactam (4-membered cyclic amide) rings is 1. The van der Waals surface area contributed by atoms with Crippen molar-refractivity contribution in [2.75, 3.05) is 13.2 Å². The van der Waals surface area contributed by atoms with Gasteiger partial charge in [0.2, 0.25) is 12.2 Å². The number of carbonyl (C=O) groups excluding carboxylic acids is 3. The van der Waals surface area contributed by atoms with E-state index in [4.69, 9.17) is 14.2 Å². The SMILES string of the molecule is CCCOC(=O)OC(C)OC(=O)C1N2C(=O)C(CO)C2SC1(C)C. The highest BCUT2D eigenvalue weighted by atomic mass is 32.2. The number of amides is 1. The Labute approximate surface area is 144 Å². The topological polar surface area (TPSA) is 102 Å². The Morgan fingerprint density at radius 3 is 2.62 bits per heavy atom. The lowest BCUT2D eigenvalue weighted by molar-refractivity contribution is -0.183. The van der Waals surface area contributed by atoms with Crippen molar-refractivity contribution in [3.05, 3.63) is 0 Å². The third-order valence-electron chi connectivity index (χ3n) is 3.94. The molecule has 136 valence electrons. The summed E-state index contributed by atoms with van der Waals surface area (Å²) in [6, 6.07) is -0.791. The molecule has 1 amide bonds. The van der Waals surface area contributed by atoms with Crippen molar-refractivity contribution < 1.29 is 33.7 Å². The molecule has 1 N–H and O–H groups in total. The van der Waals surface area contributed by atoms with Gasteiger partial charge in [0.15, 0.2) is 0 Å². The Bertz CT molecular complexity index is 524. The van der Waals surface area contributed by atoms with E-state index in [2.05, 4.69) is 0 Å². The van der Waals surface area contributed by atoms with Crippen LogP contribution in [0.2, 0.25) is 0 Å². The predicted octanol–water partition coefficient (Wildman–Crippen LogP) is 1.11.